The lowest BCUT2D eigenvalue weighted by Crippen LogP contribution is -2.74. The lowest BCUT2D eigenvalue weighted by molar-refractivity contribution is -0.448. The zero-order chi connectivity index (χ0) is 26.9. The molecular weight excluding hydrogens is 518 g/mol. The third-order valence-corrected chi connectivity index (χ3v) is 3.95. The smallest absolute Gasteiger partial charge is 0.384 e. The Morgan fingerprint density at radius 3 is 1.48 bits per heavy atom. The Kier molecular flexibility index (Phi) is 9.42. The SMILES string of the molecule is CCNCC(O)COCC(F)(F)C(F)(F)C(F)(F)C(F)(F)C(F)(F)C(F)(F)C(F)(F)C(F)F. The Bertz CT molecular complexity index is 639. The van der Waals surface area contributed by atoms with Crippen LogP contribution in [0.5, 0.6) is 0 Å². The fourth-order valence-electron chi connectivity index (χ4n) is 1.95. The van der Waals surface area contributed by atoms with Crippen LogP contribution in [0, 0.1) is 0 Å². The number of aliphatic hydroxyl groups excluding tert-OH is 1. The standard InChI is InChI=1S/C14H15F16NO2/c1-2-31-3-6(32)4-33-5-8(17,18)10(21,22)12(25,26)14(29,30)13(27,28)11(23,24)9(19,20)7(15)16/h6-7,31-32H,2-5H2,1H3. The van der Waals surface area contributed by atoms with Gasteiger partial charge in [-0.25, -0.2) is 8.78 Å². The topological polar surface area (TPSA) is 41.5 Å². The van der Waals surface area contributed by atoms with Crippen LogP contribution in [0.1, 0.15) is 6.92 Å². The highest BCUT2D eigenvalue weighted by atomic mass is 19.4. The van der Waals surface area contributed by atoms with Crippen LogP contribution in [-0.4, -0.2) is 85.4 Å². The summed E-state index contributed by atoms with van der Waals surface area (Å²) in [6, 6.07) is 0. The summed E-state index contributed by atoms with van der Waals surface area (Å²) in [4.78, 5) is 0. The van der Waals surface area contributed by atoms with Crippen molar-refractivity contribution >= 4 is 0 Å². The van der Waals surface area contributed by atoms with Gasteiger partial charge in [-0.15, -0.1) is 0 Å². The Labute approximate surface area is 174 Å². The van der Waals surface area contributed by atoms with Crippen LogP contribution in [0.3, 0.4) is 0 Å². The molecule has 1 unspecified atom stereocenters. The predicted molar refractivity (Wildman–Crippen MR) is 76.0 cm³/mol. The van der Waals surface area contributed by atoms with E-state index in [1.54, 1.807) is 0 Å². The van der Waals surface area contributed by atoms with Gasteiger partial charge in [0.25, 0.3) is 0 Å². The first kappa shape index (κ1) is 31.8. The molecule has 3 nitrogen and oxygen atoms in total. The van der Waals surface area contributed by atoms with E-state index >= 15 is 0 Å². The minimum Gasteiger partial charge on any atom is -0.389 e. The van der Waals surface area contributed by atoms with Crippen LogP contribution in [0.4, 0.5) is 70.2 Å². The van der Waals surface area contributed by atoms with Gasteiger partial charge in [0.05, 0.1) is 12.7 Å². The molecule has 0 saturated carbocycles. The van der Waals surface area contributed by atoms with E-state index in [4.69, 9.17) is 0 Å². The van der Waals surface area contributed by atoms with Gasteiger partial charge in [-0.2, -0.15) is 61.5 Å². The molecular formula is C14H15F16NO2. The van der Waals surface area contributed by atoms with E-state index in [9.17, 15) is 75.4 Å². The van der Waals surface area contributed by atoms with E-state index in [1.807, 2.05) is 0 Å². The van der Waals surface area contributed by atoms with Gasteiger partial charge in [0.15, 0.2) is 0 Å². The molecule has 0 aromatic rings. The van der Waals surface area contributed by atoms with Crippen LogP contribution in [0.25, 0.3) is 0 Å². The molecule has 1 atom stereocenters. The highest BCUT2D eigenvalue weighted by molar-refractivity contribution is 5.14. The number of rotatable bonds is 14. The summed E-state index contributed by atoms with van der Waals surface area (Å²) in [5.41, 5.74) is 0. The highest BCUT2D eigenvalue weighted by Gasteiger charge is 2.93. The van der Waals surface area contributed by atoms with E-state index < -0.39 is 73.7 Å². The van der Waals surface area contributed by atoms with Crippen molar-refractivity contribution in [3.05, 3.63) is 0 Å². The summed E-state index contributed by atoms with van der Waals surface area (Å²) in [7, 11) is 0. The number of hydrogen-bond acceptors (Lipinski definition) is 3. The van der Waals surface area contributed by atoms with Crippen molar-refractivity contribution in [2.75, 3.05) is 26.3 Å². The van der Waals surface area contributed by atoms with E-state index in [0.717, 1.165) is 0 Å². The summed E-state index contributed by atoms with van der Waals surface area (Å²) in [5.74, 6) is -54.9. The lowest BCUT2D eigenvalue weighted by Gasteiger charge is -2.42. The molecule has 19 heteroatoms. The van der Waals surface area contributed by atoms with Gasteiger partial charge in [-0.05, 0) is 6.54 Å². The van der Waals surface area contributed by atoms with Gasteiger partial charge in [-0.3, -0.25) is 0 Å². The van der Waals surface area contributed by atoms with Crippen LogP contribution in [-0.2, 0) is 4.74 Å². The zero-order valence-electron chi connectivity index (χ0n) is 15.9. The summed E-state index contributed by atoms with van der Waals surface area (Å²) in [6.07, 6.45) is -7.64. The first-order valence-electron chi connectivity index (χ1n) is 8.29. The molecule has 0 aliphatic rings. The monoisotopic (exact) mass is 533 g/mol. The van der Waals surface area contributed by atoms with Crippen molar-refractivity contribution in [2.24, 2.45) is 0 Å². The Morgan fingerprint density at radius 1 is 0.697 bits per heavy atom. The molecule has 0 fully saturated rings. The first-order valence-corrected chi connectivity index (χ1v) is 8.29. The fraction of sp³-hybridized carbons (Fsp3) is 1.00. The van der Waals surface area contributed by atoms with Crippen molar-refractivity contribution in [1.82, 2.24) is 5.32 Å². The molecule has 0 amide bonds. The second-order valence-electron chi connectivity index (χ2n) is 6.48. The molecule has 0 aliphatic heterocycles. The number of ether oxygens (including phenoxy) is 1. The largest absolute Gasteiger partial charge is 0.389 e. The maximum atomic E-state index is 13.5. The zero-order valence-corrected chi connectivity index (χ0v) is 15.9. The Morgan fingerprint density at radius 2 is 1.09 bits per heavy atom. The third-order valence-electron chi connectivity index (χ3n) is 3.95. The second-order valence-corrected chi connectivity index (χ2v) is 6.48. The molecule has 0 heterocycles. The summed E-state index contributed by atoms with van der Waals surface area (Å²) in [5, 5.41) is 11.6. The van der Waals surface area contributed by atoms with Gasteiger partial charge in [0.1, 0.15) is 6.61 Å². The van der Waals surface area contributed by atoms with E-state index in [-0.39, 0.29) is 6.54 Å². The van der Waals surface area contributed by atoms with Crippen molar-refractivity contribution in [1.29, 1.82) is 0 Å². The average molecular weight is 533 g/mol. The van der Waals surface area contributed by atoms with Crippen molar-refractivity contribution in [2.45, 2.75) is 60.9 Å². The molecule has 0 saturated heterocycles. The van der Waals surface area contributed by atoms with Gasteiger partial charge in [-0.1, -0.05) is 6.92 Å². The average Bonchev–Trinajstić information content (AvgIpc) is 2.64. The van der Waals surface area contributed by atoms with Crippen molar-refractivity contribution in [3.63, 3.8) is 0 Å². The first-order chi connectivity index (χ1) is 14.4. The van der Waals surface area contributed by atoms with Gasteiger partial charge >= 0.3 is 47.9 Å². The second kappa shape index (κ2) is 9.79. The molecule has 0 aliphatic carbocycles. The number of hydrogen-bond donors (Lipinski definition) is 2. The van der Waals surface area contributed by atoms with E-state index in [0.29, 0.717) is 0 Å². The maximum Gasteiger partial charge on any atom is 0.384 e. The maximum absolute atomic E-state index is 13.5. The number of aliphatic hydroxyl groups is 1. The van der Waals surface area contributed by atoms with Crippen molar-refractivity contribution in [3.8, 4) is 0 Å². The molecule has 0 aromatic heterocycles. The summed E-state index contributed by atoms with van der Waals surface area (Å²) < 4.78 is 213. The highest BCUT2D eigenvalue weighted by Crippen LogP contribution is 2.62. The minimum absolute atomic E-state index is 0.177. The summed E-state index contributed by atoms with van der Waals surface area (Å²) in [6.45, 7) is -3.08. The number of likely N-dealkylation sites (N-methyl/N-ethyl adjacent to an activating group) is 1. The minimum atomic E-state index is -8.43. The van der Waals surface area contributed by atoms with Crippen LogP contribution in [0.2, 0.25) is 0 Å². The Balaban J connectivity index is 6.05. The lowest BCUT2D eigenvalue weighted by atomic mass is 9.89. The van der Waals surface area contributed by atoms with Gasteiger partial charge in [0.2, 0.25) is 0 Å². The summed E-state index contributed by atoms with van der Waals surface area (Å²) >= 11 is 0. The predicted octanol–water partition coefficient (Wildman–Crippen LogP) is 4.69. The fourth-order valence-corrected chi connectivity index (χ4v) is 1.95. The molecule has 0 radical (unpaired) electrons. The van der Waals surface area contributed by atoms with Crippen LogP contribution < -0.4 is 5.32 Å². The molecule has 0 bridgehead atoms. The molecule has 0 aromatic carbocycles. The normalized spacial score (nSPS) is 16.5. The van der Waals surface area contributed by atoms with Crippen LogP contribution in [0.15, 0.2) is 0 Å². The Hall–Kier alpha value is -1.24. The van der Waals surface area contributed by atoms with Gasteiger partial charge in [0, 0.05) is 6.54 Å². The van der Waals surface area contributed by atoms with E-state index in [2.05, 4.69) is 10.1 Å². The molecule has 200 valence electrons. The number of alkyl halides is 16. The van der Waals surface area contributed by atoms with E-state index in [1.165, 1.54) is 6.92 Å². The number of halogens is 16. The number of nitrogens with one attached hydrogen (secondary N) is 1. The third kappa shape index (κ3) is 5.23. The molecule has 0 rings (SSSR count). The molecule has 2 N–H and O–H groups in total. The van der Waals surface area contributed by atoms with Gasteiger partial charge < -0.3 is 15.2 Å². The molecule has 0 spiro atoms. The van der Waals surface area contributed by atoms with Crippen molar-refractivity contribution < 1.29 is 80.1 Å². The van der Waals surface area contributed by atoms with Crippen LogP contribution >= 0.6 is 0 Å². The quantitative estimate of drug-likeness (QED) is 0.319. The molecule has 33 heavy (non-hydrogen) atoms.